The average molecular weight is 692 g/mol. The summed E-state index contributed by atoms with van der Waals surface area (Å²) in [4.78, 5) is 15.6. The highest BCUT2D eigenvalue weighted by Gasteiger charge is 2.20. The molecule has 0 atom stereocenters. The van der Waals surface area contributed by atoms with E-state index in [1.54, 1.807) is 0 Å². The molecule has 0 saturated heterocycles. The van der Waals surface area contributed by atoms with E-state index in [-0.39, 0.29) is 0 Å². The molecule has 8 aromatic carbocycles. The van der Waals surface area contributed by atoms with Crippen LogP contribution in [0, 0.1) is 0 Å². The van der Waals surface area contributed by atoms with Crippen molar-refractivity contribution in [2.75, 3.05) is 0 Å². The highest BCUT2D eigenvalue weighted by Crippen LogP contribution is 2.40. The maximum absolute atomic E-state index is 6.48. The number of furan rings is 2. The first-order chi connectivity index (χ1) is 26.7. The standard InChI is InChI=1S/C49H29N3O2/c1-2-11-30(12-3-1)32-15-8-16-33(27-32)34-23-25-44-41(28-34)46-39(20-10-22-45(46)54-44)49-51-47(35-24-26-43-40(29-35)37-18-6-7-21-42(37)53-43)50-48(52-49)38-19-9-14-31-13-4-5-17-36(31)38/h1-29H. The molecule has 3 aromatic heterocycles. The predicted octanol–water partition coefficient (Wildman–Crippen LogP) is 13.2. The molecule has 0 N–H and O–H groups in total. The first kappa shape index (κ1) is 30.3. The van der Waals surface area contributed by atoms with Crippen LogP contribution in [-0.2, 0) is 0 Å². The fraction of sp³-hybridized carbons (Fsp3) is 0. The SMILES string of the molecule is c1ccc(-c2cccc(-c3ccc4oc5cccc(-c6nc(-c7ccc8oc9ccccc9c8c7)nc(-c7cccc8ccccc78)n6)c5c4c3)c2)cc1. The van der Waals surface area contributed by atoms with Gasteiger partial charge in [-0.3, -0.25) is 0 Å². The fourth-order valence-corrected chi connectivity index (χ4v) is 7.73. The molecule has 11 rings (SSSR count). The van der Waals surface area contributed by atoms with Crippen LogP contribution in [0.3, 0.4) is 0 Å². The molecule has 0 aliphatic carbocycles. The summed E-state index contributed by atoms with van der Waals surface area (Å²) in [6, 6.07) is 60.5. The van der Waals surface area contributed by atoms with E-state index >= 15 is 0 Å². The first-order valence-corrected chi connectivity index (χ1v) is 18.0. The van der Waals surface area contributed by atoms with Crippen molar-refractivity contribution in [2.45, 2.75) is 0 Å². The van der Waals surface area contributed by atoms with Crippen molar-refractivity contribution in [1.82, 2.24) is 15.0 Å². The van der Waals surface area contributed by atoms with E-state index in [1.807, 2.05) is 48.5 Å². The third-order valence-electron chi connectivity index (χ3n) is 10.3. The van der Waals surface area contributed by atoms with Gasteiger partial charge in [0.1, 0.15) is 22.3 Å². The topological polar surface area (TPSA) is 65.0 Å². The third-order valence-corrected chi connectivity index (χ3v) is 10.3. The predicted molar refractivity (Wildman–Crippen MR) is 219 cm³/mol. The molecular weight excluding hydrogens is 663 g/mol. The molecule has 0 amide bonds. The van der Waals surface area contributed by atoms with Crippen LogP contribution in [0.5, 0.6) is 0 Å². The monoisotopic (exact) mass is 691 g/mol. The zero-order valence-electron chi connectivity index (χ0n) is 28.9. The van der Waals surface area contributed by atoms with Gasteiger partial charge in [0, 0.05) is 38.2 Å². The van der Waals surface area contributed by atoms with Crippen LogP contribution in [0.25, 0.3) is 111 Å². The van der Waals surface area contributed by atoms with Gasteiger partial charge in [0.25, 0.3) is 0 Å². The highest BCUT2D eigenvalue weighted by atomic mass is 16.3. The Balaban J connectivity index is 1.13. The van der Waals surface area contributed by atoms with Crippen molar-refractivity contribution < 1.29 is 8.83 Å². The zero-order chi connectivity index (χ0) is 35.6. The number of aromatic nitrogens is 3. The summed E-state index contributed by atoms with van der Waals surface area (Å²) in [5, 5.41) is 6.24. The number of rotatable bonds is 5. The number of hydrogen-bond acceptors (Lipinski definition) is 5. The van der Waals surface area contributed by atoms with Crippen molar-refractivity contribution in [3.63, 3.8) is 0 Å². The number of fused-ring (bicyclic) bond motifs is 7. The van der Waals surface area contributed by atoms with Crippen molar-refractivity contribution in [1.29, 1.82) is 0 Å². The van der Waals surface area contributed by atoms with Crippen LogP contribution in [0.4, 0.5) is 0 Å². The van der Waals surface area contributed by atoms with E-state index in [1.165, 1.54) is 11.1 Å². The number of hydrogen-bond donors (Lipinski definition) is 0. The summed E-state index contributed by atoms with van der Waals surface area (Å²) in [6.07, 6.45) is 0. The van der Waals surface area contributed by atoms with E-state index in [9.17, 15) is 0 Å². The summed E-state index contributed by atoms with van der Waals surface area (Å²) in [7, 11) is 0. The molecule has 0 aliphatic rings. The largest absolute Gasteiger partial charge is 0.456 e. The van der Waals surface area contributed by atoms with Crippen LogP contribution in [-0.4, -0.2) is 15.0 Å². The minimum atomic E-state index is 0.574. The second-order valence-corrected chi connectivity index (χ2v) is 13.6. The maximum Gasteiger partial charge on any atom is 0.164 e. The molecule has 0 aliphatic heterocycles. The first-order valence-electron chi connectivity index (χ1n) is 18.0. The van der Waals surface area contributed by atoms with E-state index in [0.29, 0.717) is 17.5 Å². The fourth-order valence-electron chi connectivity index (χ4n) is 7.73. The van der Waals surface area contributed by atoms with Gasteiger partial charge >= 0.3 is 0 Å². The third kappa shape index (κ3) is 4.98. The lowest BCUT2D eigenvalue weighted by Gasteiger charge is -2.11. The van der Waals surface area contributed by atoms with E-state index in [2.05, 4.69) is 127 Å². The summed E-state index contributed by atoms with van der Waals surface area (Å²) < 4.78 is 12.6. The molecule has 0 spiro atoms. The van der Waals surface area contributed by atoms with Crippen molar-refractivity contribution in [2.24, 2.45) is 0 Å². The second kappa shape index (κ2) is 12.1. The Labute approximate surface area is 309 Å². The highest BCUT2D eigenvalue weighted by molar-refractivity contribution is 6.13. The Hall–Kier alpha value is -7.37. The Morgan fingerprint density at radius 2 is 0.833 bits per heavy atom. The van der Waals surface area contributed by atoms with Crippen LogP contribution in [0.15, 0.2) is 185 Å². The van der Waals surface area contributed by atoms with Gasteiger partial charge in [-0.2, -0.15) is 0 Å². The Morgan fingerprint density at radius 1 is 0.296 bits per heavy atom. The minimum Gasteiger partial charge on any atom is -0.456 e. The molecule has 5 nitrogen and oxygen atoms in total. The molecule has 5 heteroatoms. The van der Waals surface area contributed by atoms with Crippen LogP contribution >= 0.6 is 0 Å². The van der Waals surface area contributed by atoms with Crippen LogP contribution in [0.2, 0.25) is 0 Å². The lowest BCUT2D eigenvalue weighted by atomic mass is 9.97. The molecule has 11 aromatic rings. The number of benzene rings is 8. The minimum absolute atomic E-state index is 0.574. The maximum atomic E-state index is 6.48. The molecule has 0 unspecified atom stereocenters. The lowest BCUT2D eigenvalue weighted by molar-refractivity contribution is 0.668. The molecule has 0 saturated carbocycles. The molecule has 252 valence electrons. The molecule has 54 heavy (non-hydrogen) atoms. The van der Waals surface area contributed by atoms with E-state index < -0.39 is 0 Å². The summed E-state index contributed by atoms with van der Waals surface area (Å²) in [6.45, 7) is 0. The van der Waals surface area contributed by atoms with Crippen LogP contribution < -0.4 is 0 Å². The van der Waals surface area contributed by atoms with Gasteiger partial charge in [0.2, 0.25) is 0 Å². The number of nitrogens with zero attached hydrogens (tertiary/aromatic N) is 3. The molecule has 0 bridgehead atoms. The van der Waals surface area contributed by atoms with E-state index in [4.69, 9.17) is 23.8 Å². The normalized spacial score (nSPS) is 11.7. The van der Waals surface area contributed by atoms with Crippen molar-refractivity contribution >= 4 is 54.6 Å². The smallest absolute Gasteiger partial charge is 0.164 e. The van der Waals surface area contributed by atoms with Crippen LogP contribution in [0.1, 0.15) is 0 Å². The quantitative estimate of drug-likeness (QED) is 0.180. The second-order valence-electron chi connectivity index (χ2n) is 13.6. The summed E-state index contributed by atoms with van der Waals surface area (Å²) in [5.74, 6) is 1.76. The van der Waals surface area contributed by atoms with E-state index in [0.717, 1.165) is 82.5 Å². The van der Waals surface area contributed by atoms with Crippen molar-refractivity contribution in [3.8, 4) is 56.4 Å². The molecule has 3 heterocycles. The van der Waals surface area contributed by atoms with Crippen molar-refractivity contribution in [3.05, 3.63) is 176 Å². The van der Waals surface area contributed by atoms with Gasteiger partial charge < -0.3 is 8.83 Å². The van der Waals surface area contributed by atoms with Gasteiger partial charge in [-0.1, -0.05) is 127 Å². The average Bonchev–Trinajstić information content (AvgIpc) is 3.81. The van der Waals surface area contributed by atoms with Gasteiger partial charge in [-0.05, 0) is 81.6 Å². The zero-order valence-corrected chi connectivity index (χ0v) is 28.9. The lowest BCUT2D eigenvalue weighted by Crippen LogP contribution is -2.01. The Morgan fingerprint density at radius 3 is 1.72 bits per heavy atom. The summed E-state index contributed by atoms with van der Waals surface area (Å²) >= 11 is 0. The molecule has 0 fully saturated rings. The molecular formula is C49H29N3O2. The van der Waals surface area contributed by atoms with Gasteiger partial charge in [-0.25, -0.2) is 15.0 Å². The van der Waals surface area contributed by atoms with Gasteiger partial charge in [0.15, 0.2) is 17.5 Å². The number of para-hydroxylation sites is 1. The van der Waals surface area contributed by atoms with Gasteiger partial charge in [-0.15, -0.1) is 0 Å². The van der Waals surface area contributed by atoms with Gasteiger partial charge in [0.05, 0.1) is 0 Å². The Kier molecular flexibility index (Phi) is 6.79. The summed E-state index contributed by atoms with van der Waals surface area (Å²) in [5.41, 5.74) is 10.5. The molecule has 0 radical (unpaired) electrons. The Bertz CT molecular complexity index is 3230.